The maximum Gasteiger partial charge on any atom is 0.126 e. The van der Waals surface area contributed by atoms with Crippen molar-refractivity contribution in [2.75, 3.05) is 6.54 Å². The summed E-state index contributed by atoms with van der Waals surface area (Å²) in [6.07, 6.45) is 5.80. The van der Waals surface area contributed by atoms with E-state index in [0.29, 0.717) is 6.54 Å². The van der Waals surface area contributed by atoms with E-state index in [4.69, 9.17) is 5.73 Å². The van der Waals surface area contributed by atoms with Gasteiger partial charge >= 0.3 is 0 Å². The molecule has 20 heavy (non-hydrogen) atoms. The van der Waals surface area contributed by atoms with Crippen molar-refractivity contribution in [3.8, 4) is 0 Å². The monoisotopic (exact) mass is 283 g/mol. The van der Waals surface area contributed by atoms with Crippen molar-refractivity contribution in [1.82, 2.24) is 0 Å². The SMILES string of the molecule is CC(O)(c1cc(F)cc(F)c1)C1(CN)CCCCCC1. The average Bonchev–Trinajstić information content (AvgIpc) is 2.64. The Morgan fingerprint density at radius 3 is 2.05 bits per heavy atom. The summed E-state index contributed by atoms with van der Waals surface area (Å²) >= 11 is 0. The molecule has 0 radical (unpaired) electrons. The Labute approximate surface area is 119 Å². The first-order valence-electron chi connectivity index (χ1n) is 7.30. The molecule has 2 nitrogen and oxygen atoms in total. The highest BCUT2D eigenvalue weighted by molar-refractivity contribution is 5.27. The number of halogens is 2. The van der Waals surface area contributed by atoms with Gasteiger partial charge in [0.15, 0.2) is 0 Å². The van der Waals surface area contributed by atoms with Crippen LogP contribution in [0, 0.1) is 17.0 Å². The molecule has 0 bridgehead atoms. The fourth-order valence-electron chi connectivity index (χ4n) is 3.44. The molecule has 0 spiro atoms. The standard InChI is InChI=1S/C16H23F2NO/c1-15(20,12-8-13(17)10-14(18)9-12)16(11-19)6-4-2-3-5-7-16/h8-10,20H,2-7,11,19H2,1H3. The summed E-state index contributed by atoms with van der Waals surface area (Å²) in [6, 6.07) is 3.25. The quantitative estimate of drug-likeness (QED) is 0.834. The van der Waals surface area contributed by atoms with E-state index in [-0.39, 0.29) is 5.56 Å². The maximum absolute atomic E-state index is 13.5. The molecular formula is C16H23F2NO. The van der Waals surface area contributed by atoms with Crippen LogP contribution in [0.5, 0.6) is 0 Å². The third-order valence-electron chi connectivity index (χ3n) is 4.91. The largest absolute Gasteiger partial charge is 0.385 e. The van der Waals surface area contributed by atoms with Gasteiger partial charge in [-0.3, -0.25) is 0 Å². The zero-order valence-corrected chi connectivity index (χ0v) is 12.0. The van der Waals surface area contributed by atoms with Gasteiger partial charge in [-0.05, 0) is 37.5 Å². The lowest BCUT2D eigenvalue weighted by Gasteiger charge is -2.45. The normalized spacial score (nSPS) is 22.1. The number of aliphatic hydroxyl groups is 1. The van der Waals surface area contributed by atoms with E-state index >= 15 is 0 Å². The summed E-state index contributed by atoms with van der Waals surface area (Å²) < 4.78 is 26.9. The molecule has 0 amide bonds. The first-order valence-corrected chi connectivity index (χ1v) is 7.30. The van der Waals surface area contributed by atoms with Gasteiger partial charge in [0.25, 0.3) is 0 Å². The van der Waals surface area contributed by atoms with E-state index in [1.165, 1.54) is 12.1 Å². The first-order chi connectivity index (χ1) is 9.41. The summed E-state index contributed by atoms with van der Waals surface area (Å²) in [5.74, 6) is -1.33. The van der Waals surface area contributed by atoms with Crippen LogP contribution >= 0.6 is 0 Å². The number of rotatable bonds is 3. The number of benzene rings is 1. The molecule has 0 heterocycles. The molecule has 1 aliphatic carbocycles. The second-order valence-corrected chi connectivity index (χ2v) is 6.13. The van der Waals surface area contributed by atoms with Crippen LogP contribution in [0.25, 0.3) is 0 Å². The van der Waals surface area contributed by atoms with Gasteiger partial charge in [0, 0.05) is 18.0 Å². The second-order valence-electron chi connectivity index (χ2n) is 6.13. The second kappa shape index (κ2) is 5.78. The van der Waals surface area contributed by atoms with Crippen molar-refractivity contribution in [3.63, 3.8) is 0 Å². The summed E-state index contributed by atoms with van der Waals surface area (Å²) in [7, 11) is 0. The smallest absolute Gasteiger partial charge is 0.126 e. The minimum atomic E-state index is -1.32. The molecule has 0 aliphatic heterocycles. The van der Waals surface area contributed by atoms with Gasteiger partial charge in [-0.25, -0.2) is 8.78 Å². The van der Waals surface area contributed by atoms with Crippen LogP contribution < -0.4 is 5.73 Å². The van der Waals surface area contributed by atoms with Gasteiger partial charge in [-0.15, -0.1) is 0 Å². The Morgan fingerprint density at radius 2 is 1.60 bits per heavy atom. The summed E-state index contributed by atoms with van der Waals surface area (Å²) in [5, 5.41) is 11.0. The predicted octanol–water partition coefficient (Wildman–Crippen LogP) is 3.47. The lowest BCUT2D eigenvalue weighted by molar-refractivity contribution is -0.0817. The van der Waals surface area contributed by atoms with Crippen molar-refractivity contribution in [1.29, 1.82) is 0 Å². The molecule has 3 N–H and O–H groups in total. The van der Waals surface area contributed by atoms with E-state index in [1.807, 2.05) is 0 Å². The molecule has 0 saturated heterocycles. The minimum Gasteiger partial charge on any atom is -0.385 e. The van der Waals surface area contributed by atoms with Crippen LogP contribution in [0.15, 0.2) is 18.2 Å². The predicted molar refractivity (Wildman–Crippen MR) is 75.1 cm³/mol. The van der Waals surface area contributed by atoms with Crippen LogP contribution in [-0.2, 0) is 5.60 Å². The van der Waals surface area contributed by atoms with Crippen LogP contribution in [-0.4, -0.2) is 11.7 Å². The van der Waals surface area contributed by atoms with Gasteiger partial charge in [0.1, 0.15) is 11.6 Å². The molecule has 2 rings (SSSR count). The van der Waals surface area contributed by atoms with Gasteiger partial charge in [-0.1, -0.05) is 25.7 Å². The number of hydrogen-bond acceptors (Lipinski definition) is 2. The highest BCUT2D eigenvalue weighted by Gasteiger charge is 2.47. The molecular weight excluding hydrogens is 260 g/mol. The van der Waals surface area contributed by atoms with Crippen molar-refractivity contribution in [3.05, 3.63) is 35.4 Å². The Morgan fingerprint density at radius 1 is 1.10 bits per heavy atom. The van der Waals surface area contributed by atoms with Gasteiger partial charge < -0.3 is 10.8 Å². The average molecular weight is 283 g/mol. The minimum absolute atomic E-state index is 0.280. The summed E-state index contributed by atoms with van der Waals surface area (Å²) in [4.78, 5) is 0. The fraction of sp³-hybridized carbons (Fsp3) is 0.625. The van der Waals surface area contributed by atoms with E-state index in [1.54, 1.807) is 6.92 Å². The van der Waals surface area contributed by atoms with Crippen LogP contribution in [0.1, 0.15) is 51.0 Å². The Bertz CT molecular complexity index is 445. The van der Waals surface area contributed by atoms with Crippen molar-refractivity contribution >= 4 is 0 Å². The summed E-state index contributed by atoms with van der Waals surface area (Å²) in [5.41, 5.74) is 4.41. The molecule has 1 unspecified atom stereocenters. The molecule has 1 atom stereocenters. The molecule has 112 valence electrons. The van der Waals surface area contributed by atoms with E-state index in [0.717, 1.165) is 44.6 Å². The fourth-order valence-corrected chi connectivity index (χ4v) is 3.44. The molecule has 1 aromatic carbocycles. The van der Waals surface area contributed by atoms with E-state index in [2.05, 4.69) is 0 Å². The summed E-state index contributed by atoms with van der Waals surface area (Å²) in [6.45, 7) is 1.96. The highest BCUT2D eigenvalue weighted by atomic mass is 19.1. The van der Waals surface area contributed by atoms with Crippen molar-refractivity contribution < 1.29 is 13.9 Å². The molecule has 1 saturated carbocycles. The molecule has 4 heteroatoms. The zero-order chi connectivity index (χ0) is 14.8. The van der Waals surface area contributed by atoms with Gasteiger partial charge in [-0.2, -0.15) is 0 Å². The van der Waals surface area contributed by atoms with Crippen LogP contribution in [0.3, 0.4) is 0 Å². The topological polar surface area (TPSA) is 46.2 Å². The molecule has 1 aromatic rings. The Balaban J connectivity index is 2.44. The maximum atomic E-state index is 13.5. The molecule has 1 fully saturated rings. The van der Waals surface area contributed by atoms with Crippen molar-refractivity contribution in [2.45, 2.75) is 51.0 Å². The van der Waals surface area contributed by atoms with Gasteiger partial charge in [0.2, 0.25) is 0 Å². The lowest BCUT2D eigenvalue weighted by atomic mass is 9.65. The molecule has 0 aromatic heterocycles. The molecule has 1 aliphatic rings. The van der Waals surface area contributed by atoms with Gasteiger partial charge in [0.05, 0.1) is 5.60 Å². The number of hydrogen-bond donors (Lipinski definition) is 2. The Kier molecular flexibility index (Phi) is 4.45. The highest BCUT2D eigenvalue weighted by Crippen LogP contribution is 2.48. The number of nitrogens with two attached hydrogens (primary N) is 1. The zero-order valence-electron chi connectivity index (χ0n) is 12.0. The van der Waals surface area contributed by atoms with E-state index in [9.17, 15) is 13.9 Å². The third-order valence-corrected chi connectivity index (χ3v) is 4.91. The van der Waals surface area contributed by atoms with Crippen LogP contribution in [0.4, 0.5) is 8.78 Å². The van der Waals surface area contributed by atoms with Crippen molar-refractivity contribution in [2.24, 2.45) is 11.1 Å². The third kappa shape index (κ3) is 2.72. The Hall–Kier alpha value is -1.00. The first kappa shape index (κ1) is 15.4. The lowest BCUT2D eigenvalue weighted by Crippen LogP contribution is -2.48. The van der Waals surface area contributed by atoms with Crippen LogP contribution in [0.2, 0.25) is 0 Å². The van der Waals surface area contributed by atoms with E-state index < -0.39 is 22.7 Å².